The van der Waals surface area contributed by atoms with Crippen molar-refractivity contribution in [3.8, 4) is 5.75 Å². The predicted molar refractivity (Wildman–Crippen MR) is 83.3 cm³/mol. The molecule has 2 heteroatoms. The van der Waals surface area contributed by atoms with E-state index >= 15 is 0 Å². The van der Waals surface area contributed by atoms with Crippen LogP contribution >= 0.6 is 0 Å². The molecule has 1 atom stereocenters. The van der Waals surface area contributed by atoms with E-state index in [0.29, 0.717) is 5.92 Å². The lowest BCUT2D eigenvalue weighted by Crippen LogP contribution is -2.21. The summed E-state index contributed by atoms with van der Waals surface area (Å²) in [6.07, 6.45) is 7.35. The van der Waals surface area contributed by atoms with Crippen LogP contribution in [0.5, 0.6) is 5.75 Å². The zero-order chi connectivity index (χ0) is 14.4. The van der Waals surface area contributed by atoms with Crippen molar-refractivity contribution in [3.63, 3.8) is 0 Å². The SMILES string of the molecule is CCCC(CCC)C(O)CCc1ccc2c(c1)CCO2. The summed E-state index contributed by atoms with van der Waals surface area (Å²) in [6.45, 7) is 5.22. The van der Waals surface area contributed by atoms with Crippen molar-refractivity contribution in [2.45, 2.75) is 64.9 Å². The van der Waals surface area contributed by atoms with Gasteiger partial charge in [-0.1, -0.05) is 38.8 Å². The van der Waals surface area contributed by atoms with E-state index in [9.17, 15) is 5.11 Å². The van der Waals surface area contributed by atoms with E-state index in [1.165, 1.54) is 11.1 Å². The summed E-state index contributed by atoms with van der Waals surface area (Å²) >= 11 is 0. The molecule has 0 fully saturated rings. The fourth-order valence-corrected chi connectivity index (χ4v) is 3.22. The maximum atomic E-state index is 10.4. The minimum absolute atomic E-state index is 0.153. The van der Waals surface area contributed by atoms with Crippen LogP contribution in [0.2, 0.25) is 0 Å². The highest BCUT2D eigenvalue weighted by atomic mass is 16.5. The molecule has 1 N–H and O–H groups in total. The van der Waals surface area contributed by atoms with Gasteiger partial charge in [0.25, 0.3) is 0 Å². The molecular formula is C18H28O2. The Labute approximate surface area is 123 Å². The molecule has 20 heavy (non-hydrogen) atoms. The zero-order valence-corrected chi connectivity index (χ0v) is 12.9. The molecular weight excluding hydrogens is 248 g/mol. The largest absolute Gasteiger partial charge is 0.493 e. The first-order valence-corrected chi connectivity index (χ1v) is 8.17. The Morgan fingerprint density at radius 1 is 1.15 bits per heavy atom. The first kappa shape index (κ1) is 15.4. The highest BCUT2D eigenvalue weighted by Crippen LogP contribution is 2.27. The summed E-state index contributed by atoms with van der Waals surface area (Å²) in [5.41, 5.74) is 2.66. The molecule has 112 valence electrons. The highest BCUT2D eigenvalue weighted by Gasteiger charge is 2.18. The number of aliphatic hydroxyl groups excluding tert-OH is 1. The second-order valence-corrected chi connectivity index (χ2v) is 5.98. The first-order chi connectivity index (χ1) is 9.74. The molecule has 1 aromatic rings. The number of fused-ring (bicyclic) bond motifs is 1. The number of hydrogen-bond acceptors (Lipinski definition) is 2. The van der Waals surface area contributed by atoms with Gasteiger partial charge in [-0.3, -0.25) is 0 Å². The minimum Gasteiger partial charge on any atom is -0.493 e. The van der Waals surface area contributed by atoms with E-state index in [2.05, 4.69) is 32.0 Å². The summed E-state index contributed by atoms with van der Waals surface area (Å²) in [7, 11) is 0. The average Bonchev–Trinajstić information content (AvgIpc) is 2.92. The van der Waals surface area contributed by atoms with Gasteiger partial charge in [0, 0.05) is 6.42 Å². The number of ether oxygens (including phenoxy) is 1. The highest BCUT2D eigenvalue weighted by molar-refractivity contribution is 5.39. The van der Waals surface area contributed by atoms with Crippen LogP contribution < -0.4 is 4.74 Å². The van der Waals surface area contributed by atoms with Crippen molar-refractivity contribution < 1.29 is 9.84 Å². The third kappa shape index (κ3) is 3.99. The van der Waals surface area contributed by atoms with Crippen molar-refractivity contribution >= 4 is 0 Å². The third-order valence-electron chi connectivity index (χ3n) is 4.35. The van der Waals surface area contributed by atoms with Crippen molar-refractivity contribution in [1.29, 1.82) is 0 Å². The smallest absolute Gasteiger partial charge is 0.122 e. The number of benzene rings is 1. The van der Waals surface area contributed by atoms with E-state index in [0.717, 1.165) is 57.3 Å². The van der Waals surface area contributed by atoms with Crippen LogP contribution in [0.4, 0.5) is 0 Å². The quantitative estimate of drug-likeness (QED) is 0.773. The Morgan fingerprint density at radius 2 is 1.90 bits per heavy atom. The third-order valence-corrected chi connectivity index (χ3v) is 4.35. The molecule has 0 radical (unpaired) electrons. The number of hydrogen-bond donors (Lipinski definition) is 1. The van der Waals surface area contributed by atoms with E-state index in [4.69, 9.17) is 4.74 Å². The monoisotopic (exact) mass is 276 g/mol. The molecule has 1 heterocycles. The van der Waals surface area contributed by atoms with Gasteiger partial charge in [0.05, 0.1) is 12.7 Å². The van der Waals surface area contributed by atoms with Crippen LogP contribution in [0.1, 0.15) is 57.1 Å². The average molecular weight is 276 g/mol. The number of aliphatic hydroxyl groups is 1. The molecule has 0 saturated carbocycles. The number of aryl methyl sites for hydroxylation is 1. The summed E-state index contributed by atoms with van der Waals surface area (Å²) in [5.74, 6) is 1.52. The fourth-order valence-electron chi connectivity index (χ4n) is 3.22. The zero-order valence-electron chi connectivity index (χ0n) is 12.9. The van der Waals surface area contributed by atoms with Gasteiger partial charge in [0.1, 0.15) is 5.75 Å². The Hall–Kier alpha value is -1.02. The molecule has 0 aliphatic carbocycles. The Bertz CT molecular complexity index is 408. The number of rotatable bonds is 8. The molecule has 0 aromatic heterocycles. The molecule has 0 amide bonds. The summed E-state index contributed by atoms with van der Waals surface area (Å²) in [5, 5.41) is 10.4. The molecule has 1 aliphatic rings. The van der Waals surface area contributed by atoms with Crippen LogP contribution in [-0.4, -0.2) is 17.8 Å². The van der Waals surface area contributed by atoms with Gasteiger partial charge in [-0.15, -0.1) is 0 Å². The van der Waals surface area contributed by atoms with Crippen LogP contribution in [0, 0.1) is 5.92 Å². The van der Waals surface area contributed by atoms with Crippen LogP contribution in [-0.2, 0) is 12.8 Å². The molecule has 0 saturated heterocycles. The molecule has 0 bridgehead atoms. The van der Waals surface area contributed by atoms with Crippen molar-refractivity contribution in [3.05, 3.63) is 29.3 Å². The maximum Gasteiger partial charge on any atom is 0.122 e. The van der Waals surface area contributed by atoms with Crippen molar-refractivity contribution in [2.75, 3.05) is 6.61 Å². The van der Waals surface area contributed by atoms with Gasteiger partial charge in [-0.05, 0) is 48.8 Å². The first-order valence-electron chi connectivity index (χ1n) is 8.17. The standard InChI is InChI=1S/C18H28O2/c1-3-5-15(6-4-2)17(19)9-7-14-8-10-18-16(13-14)11-12-20-18/h8,10,13,15,17,19H,3-7,9,11-12H2,1-2H3. The molecule has 1 aromatic carbocycles. The van der Waals surface area contributed by atoms with Gasteiger partial charge in [0.15, 0.2) is 0 Å². The summed E-state index contributed by atoms with van der Waals surface area (Å²) < 4.78 is 5.53. The molecule has 2 rings (SSSR count). The van der Waals surface area contributed by atoms with Crippen molar-refractivity contribution in [1.82, 2.24) is 0 Å². The fraction of sp³-hybridized carbons (Fsp3) is 0.667. The van der Waals surface area contributed by atoms with E-state index in [-0.39, 0.29) is 6.10 Å². The predicted octanol–water partition coefficient (Wildman–Crippen LogP) is 4.13. The molecule has 1 unspecified atom stereocenters. The summed E-state index contributed by atoms with van der Waals surface area (Å²) in [6, 6.07) is 6.48. The Kier molecular flexibility index (Phi) is 5.90. The van der Waals surface area contributed by atoms with E-state index in [1.807, 2.05) is 0 Å². The molecule has 1 aliphatic heterocycles. The van der Waals surface area contributed by atoms with Gasteiger partial charge in [-0.2, -0.15) is 0 Å². The van der Waals surface area contributed by atoms with Crippen LogP contribution in [0.15, 0.2) is 18.2 Å². The van der Waals surface area contributed by atoms with Gasteiger partial charge in [0.2, 0.25) is 0 Å². The van der Waals surface area contributed by atoms with Gasteiger partial charge in [-0.25, -0.2) is 0 Å². The van der Waals surface area contributed by atoms with Gasteiger partial charge < -0.3 is 9.84 Å². The lowest BCUT2D eigenvalue weighted by molar-refractivity contribution is 0.0882. The molecule has 0 spiro atoms. The van der Waals surface area contributed by atoms with Gasteiger partial charge >= 0.3 is 0 Å². The maximum absolute atomic E-state index is 10.4. The minimum atomic E-state index is -0.153. The Balaban J connectivity index is 1.87. The van der Waals surface area contributed by atoms with Crippen molar-refractivity contribution in [2.24, 2.45) is 5.92 Å². The van der Waals surface area contributed by atoms with E-state index in [1.54, 1.807) is 0 Å². The Morgan fingerprint density at radius 3 is 2.60 bits per heavy atom. The molecule has 2 nitrogen and oxygen atoms in total. The normalized spacial score (nSPS) is 15.2. The van der Waals surface area contributed by atoms with Crippen LogP contribution in [0.3, 0.4) is 0 Å². The van der Waals surface area contributed by atoms with Crippen LogP contribution in [0.25, 0.3) is 0 Å². The topological polar surface area (TPSA) is 29.5 Å². The lowest BCUT2D eigenvalue weighted by Gasteiger charge is -2.22. The van der Waals surface area contributed by atoms with E-state index < -0.39 is 0 Å². The summed E-state index contributed by atoms with van der Waals surface area (Å²) in [4.78, 5) is 0. The lowest BCUT2D eigenvalue weighted by atomic mass is 9.89. The second kappa shape index (κ2) is 7.68. The second-order valence-electron chi connectivity index (χ2n) is 5.98.